The van der Waals surface area contributed by atoms with Gasteiger partial charge in [0, 0.05) is 20.0 Å². The van der Waals surface area contributed by atoms with Crippen molar-refractivity contribution >= 4 is 11.9 Å². The third kappa shape index (κ3) is 4.82. The predicted molar refractivity (Wildman–Crippen MR) is 73.9 cm³/mol. The van der Waals surface area contributed by atoms with Gasteiger partial charge in [0.2, 0.25) is 5.91 Å². The number of nitrogens with zero attached hydrogens (tertiary/aromatic N) is 2. The van der Waals surface area contributed by atoms with E-state index in [1.807, 2.05) is 13.8 Å². The first kappa shape index (κ1) is 16.0. The first-order chi connectivity index (χ1) is 8.93. The van der Waals surface area contributed by atoms with Gasteiger partial charge in [-0.2, -0.15) is 0 Å². The fourth-order valence-corrected chi connectivity index (χ4v) is 2.67. The van der Waals surface area contributed by atoms with Gasteiger partial charge in [-0.25, -0.2) is 4.79 Å². The van der Waals surface area contributed by atoms with Crippen LogP contribution in [0.25, 0.3) is 0 Å². The zero-order valence-corrected chi connectivity index (χ0v) is 12.3. The van der Waals surface area contributed by atoms with Crippen LogP contribution in [-0.4, -0.2) is 59.5 Å². The molecule has 0 aromatic rings. The fraction of sp³-hybridized carbons (Fsp3) is 0.857. The van der Waals surface area contributed by atoms with Gasteiger partial charge >= 0.3 is 5.97 Å². The molecule has 1 unspecified atom stereocenters. The highest BCUT2D eigenvalue weighted by molar-refractivity contribution is 5.83. The lowest BCUT2D eigenvalue weighted by molar-refractivity contribution is -0.151. The Morgan fingerprint density at radius 1 is 1.21 bits per heavy atom. The Morgan fingerprint density at radius 3 is 2.26 bits per heavy atom. The minimum atomic E-state index is -0.927. The quantitative estimate of drug-likeness (QED) is 0.793. The molecule has 0 aliphatic carbocycles. The Kier molecular flexibility index (Phi) is 6.28. The molecule has 0 aromatic carbocycles. The van der Waals surface area contributed by atoms with Crippen LogP contribution in [-0.2, 0) is 9.59 Å². The highest BCUT2D eigenvalue weighted by Crippen LogP contribution is 2.13. The number of carboxylic acid groups (broad SMARTS) is 1. The molecular weight excluding hydrogens is 244 g/mol. The van der Waals surface area contributed by atoms with E-state index in [1.54, 1.807) is 7.05 Å². The van der Waals surface area contributed by atoms with E-state index in [0.717, 1.165) is 19.6 Å². The summed E-state index contributed by atoms with van der Waals surface area (Å²) in [5, 5.41) is 9.18. The average molecular weight is 270 g/mol. The molecule has 1 fully saturated rings. The van der Waals surface area contributed by atoms with Crippen LogP contribution >= 0.6 is 0 Å². The molecule has 5 heteroatoms. The molecule has 1 heterocycles. The second-order valence-electron chi connectivity index (χ2n) is 5.68. The molecule has 1 N–H and O–H groups in total. The van der Waals surface area contributed by atoms with Crippen molar-refractivity contribution < 1.29 is 14.7 Å². The summed E-state index contributed by atoms with van der Waals surface area (Å²) in [4.78, 5) is 26.9. The van der Waals surface area contributed by atoms with Gasteiger partial charge in [-0.1, -0.05) is 20.3 Å². The van der Waals surface area contributed by atoms with E-state index < -0.39 is 12.0 Å². The number of likely N-dealkylation sites (tertiary alicyclic amines) is 1. The van der Waals surface area contributed by atoms with Gasteiger partial charge in [-0.05, 0) is 31.8 Å². The summed E-state index contributed by atoms with van der Waals surface area (Å²) in [6, 6.07) is -0.728. The topological polar surface area (TPSA) is 60.9 Å². The molecule has 1 aliphatic heterocycles. The molecule has 0 spiro atoms. The number of hydrogen-bond donors (Lipinski definition) is 1. The average Bonchev–Trinajstić information content (AvgIpc) is 2.36. The molecule has 5 nitrogen and oxygen atoms in total. The zero-order chi connectivity index (χ0) is 14.4. The summed E-state index contributed by atoms with van der Waals surface area (Å²) in [5.74, 6) is -1.09. The van der Waals surface area contributed by atoms with Crippen molar-refractivity contribution in [1.29, 1.82) is 0 Å². The van der Waals surface area contributed by atoms with Crippen LogP contribution < -0.4 is 0 Å². The maximum Gasteiger partial charge on any atom is 0.326 e. The number of carbonyl (C=O) groups is 2. The molecule has 0 radical (unpaired) electrons. The molecule has 1 amide bonds. The minimum absolute atomic E-state index is 0.0772. The van der Waals surface area contributed by atoms with Gasteiger partial charge < -0.3 is 14.9 Å². The number of piperidine rings is 1. The predicted octanol–water partition coefficient (Wildman–Crippen LogP) is 1.43. The second-order valence-corrected chi connectivity index (χ2v) is 5.68. The summed E-state index contributed by atoms with van der Waals surface area (Å²) in [5.41, 5.74) is 0. The Bertz CT molecular complexity index is 312. The van der Waals surface area contributed by atoms with Gasteiger partial charge in [-0.3, -0.25) is 4.79 Å². The minimum Gasteiger partial charge on any atom is -0.480 e. The van der Waals surface area contributed by atoms with Gasteiger partial charge in [-0.15, -0.1) is 0 Å². The van der Waals surface area contributed by atoms with E-state index in [0.29, 0.717) is 6.42 Å². The molecule has 0 aromatic heterocycles. The number of likely N-dealkylation sites (N-methyl/N-ethyl adjacent to an activating group) is 1. The van der Waals surface area contributed by atoms with Gasteiger partial charge in [0.05, 0.1) is 0 Å². The first-order valence-electron chi connectivity index (χ1n) is 7.14. The SMILES string of the molecule is CC(C)C(C(=O)O)N(C)C(=O)CCN1CCCCC1. The van der Waals surface area contributed by atoms with E-state index in [-0.39, 0.29) is 11.8 Å². The van der Waals surface area contributed by atoms with Crippen molar-refractivity contribution in [3.63, 3.8) is 0 Å². The van der Waals surface area contributed by atoms with Crippen LogP contribution in [0.3, 0.4) is 0 Å². The highest BCUT2D eigenvalue weighted by Gasteiger charge is 2.29. The van der Waals surface area contributed by atoms with Crippen molar-refractivity contribution in [2.75, 3.05) is 26.7 Å². The highest BCUT2D eigenvalue weighted by atomic mass is 16.4. The second kappa shape index (κ2) is 7.48. The Labute approximate surface area is 115 Å². The molecule has 1 aliphatic rings. The summed E-state index contributed by atoms with van der Waals surface area (Å²) < 4.78 is 0. The van der Waals surface area contributed by atoms with E-state index in [4.69, 9.17) is 0 Å². The van der Waals surface area contributed by atoms with E-state index in [9.17, 15) is 14.7 Å². The Balaban J connectivity index is 2.44. The van der Waals surface area contributed by atoms with E-state index in [1.165, 1.54) is 24.2 Å². The zero-order valence-electron chi connectivity index (χ0n) is 12.3. The number of amides is 1. The van der Waals surface area contributed by atoms with Crippen LogP contribution in [0.5, 0.6) is 0 Å². The lowest BCUT2D eigenvalue weighted by atomic mass is 10.0. The van der Waals surface area contributed by atoms with Crippen molar-refractivity contribution in [1.82, 2.24) is 9.80 Å². The number of aliphatic carboxylic acids is 1. The number of carbonyl (C=O) groups excluding carboxylic acids is 1. The summed E-state index contributed by atoms with van der Waals surface area (Å²) in [7, 11) is 1.59. The maximum absolute atomic E-state index is 12.1. The van der Waals surface area contributed by atoms with Crippen molar-refractivity contribution in [3.05, 3.63) is 0 Å². The van der Waals surface area contributed by atoms with E-state index in [2.05, 4.69) is 4.90 Å². The van der Waals surface area contributed by atoms with Crippen LogP contribution in [0.2, 0.25) is 0 Å². The molecule has 1 atom stereocenters. The lowest BCUT2D eigenvalue weighted by Gasteiger charge is -2.30. The normalized spacial score (nSPS) is 18.3. The summed E-state index contributed by atoms with van der Waals surface area (Å²) in [6.45, 7) is 6.51. The third-order valence-electron chi connectivity index (χ3n) is 3.79. The van der Waals surface area contributed by atoms with Gasteiger partial charge in [0.25, 0.3) is 0 Å². The van der Waals surface area contributed by atoms with Gasteiger partial charge in [0.1, 0.15) is 6.04 Å². The number of rotatable bonds is 6. The molecule has 19 heavy (non-hydrogen) atoms. The fourth-order valence-electron chi connectivity index (χ4n) is 2.67. The van der Waals surface area contributed by atoms with E-state index >= 15 is 0 Å². The number of carboxylic acids is 1. The number of hydrogen-bond acceptors (Lipinski definition) is 3. The molecule has 1 rings (SSSR count). The van der Waals surface area contributed by atoms with Crippen LogP contribution in [0, 0.1) is 5.92 Å². The first-order valence-corrected chi connectivity index (χ1v) is 7.14. The van der Waals surface area contributed by atoms with Crippen molar-refractivity contribution in [3.8, 4) is 0 Å². The standard InChI is InChI=1S/C14H26N2O3/c1-11(2)13(14(18)19)15(3)12(17)7-10-16-8-5-4-6-9-16/h11,13H,4-10H2,1-3H3,(H,18,19). The van der Waals surface area contributed by atoms with Gasteiger partial charge in [0.15, 0.2) is 0 Å². The molecule has 1 saturated heterocycles. The maximum atomic E-state index is 12.1. The Hall–Kier alpha value is -1.10. The smallest absolute Gasteiger partial charge is 0.326 e. The molecule has 110 valence electrons. The van der Waals surface area contributed by atoms with Crippen molar-refractivity contribution in [2.24, 2.45) is 5.92 Å². The largest absolute Gasteiger partial charge is 0.480 e. The van der Waals surface area contributed by atoms with Crippen LogP contribution in [0.4, 0.5) is 0 Å². The van der Waals surface area contributed by atoms with Crippen molar-refractivity contribution in [2.45, 2.75) is 45.6 Å². The monoisotopic (exact) mass is 270 g/mol. The Morgan fingerprint density at radius 2 is 1.79 bits per heavy atom. The molecule has 0 saturated carbocycles. The summed E-state index contributed by atoms with van der Waals surface area (Å²) in [6.07, 6.45) is 4.09. The van der Waals surface area contributed by atoms with Crippen LogP contribution in [0.15, 0.2) is 0 Å². The molecule has 0 bridgehead atoms. The lowest BCUT2D eigenvalue weighted by Crippen LogP contribution is -2.46. The summed E-state index contributed by atoms with van der Waals surface area (Å²) >= 11 is 0. The third-order valence-corrected chi connectivity index (χ3v) is 3.79. The van der Waals surface area contributed by atoms with Crippen LogP contribution in [0.1, 0.15) is 39.5 Å². The molecular formula is C14H26N2O3.